The van der Waals surface area contributed by atoms with Crippen LogP contribution in [0.4, 0.5) is 11.5 Å². The molecule has 1 aromatic heterocycles. The lowest BCUT2D eigenvalue weighted by molar-refractivity contribution is -0.384. The number of anilines is 1. The van der Waals surface area contributed by atoms with Crippen molar-refractivity contribution in [3.05, 3.63) is 57.8 Å². The van der Waals surface area contributed by atoms with Crippen LogP contribution in [-0.2, 0) is 10.0 Å². The van der Waals surface area contributed by atoms with Crippen LogP contribution in [0.25, 0.3) is 0 Å². The van der Waals surface area contributed by atoms with Crippen molar-refractivity contribution in [2.75, 3.05) is 18.4 Å². The Hall–Kier alpha value is -2.52. The molecule has 2 aromatic rings. The van der Waals surface area contributed by atoms with E-state index in [2.05, 4.69) is 15.0 Å². The molecule has 0 amide bonds. The third-order valence-electron chi connectivity index (χ3n) is 3.33. The summed E-state index contributed by atoms with van der Waals surface area (Å²) in [6.07, 6.45) is 1.43. The predicted molar refractivity (Wildman–Crippen MR) is 90.5 cm³/mol. The molecule has 0 saturated heterocycles. The Bertz CT molecular complexity index is 852. The smallest absolute Gasteiger partial charge is 0.311 e. The van der Waals surface area contributed by atoms with Crippen molar-refractivity contribution < 1.29 is 13.3 Å². The van der Waals surface area contributed by atoms with Crippen LogP contribution in [0.3, 0.4) is 0 Å². The van der Waals surface area contributed by atoms with E-state index in [4.69, 9.17) is 0 Å². The Morgan fingerprint density at radius 2 is 1.96 bits per heavy atom. The average Bonchev–Trinajstić information content (AvgIpc) is 2.54. The van der Waals surface area contributed by atoms with Gasteiger partial charge in [0.2, 0.25) is 15.8 Å². The number of hydrogen-bond donors (Lipinski definition) is 2. The van der Waals surface area contributed by atoms with Crippen molar-refractivity contribution in [3.63, 3.8) is 0 Å². The maximum absolute atomic E-state index is 12.3. The molecule has 0 fully saturated rings. The Morgan fingerprint density at radius 1 is 1.21 bits per heavy atom. The zero-order valence-electron chi connectivity index (χ0n) is 13.3. The van der Waals surface area contributed by atoms with Gasteiger partial charge in [-0.1, -0.05) is 12.1 Å². The molecule has 2 N–H and O–H groups in total. The molecular weight excluding hydrogens is 332 g/mol. The number of aryl methyl sites for hydroxylation is 2. The van der Waals surface area contributed by atoms with Gasteiger partial charge in [0, 0.05) is 25.4 Å². The van der Waals surface area contributed by atoms with E-state index in [-0.39, 0.29) is 29.5 Å². The molecule has 0 aliphatic heterocycles. The minimum absolute atomic E-state index is 0.0729. The fourth-order valence-electron chi connectivity index (χ4n) is 2.12. The van der Waals surface area contributed by atoms with Crippen molar-refractivity contribution >= 4 is 21.5 Å². The van der Waals surface area contributed by atoms with E-state index in [0.29, 0.717) is 5.56 Å². The lowest BCUT2D eigenvalue weighted by Gasteiger charge is -2.11. The molecule has 8 nitrogen and oxygen atoms in total. The van der Waals surface area contributed by atoms with E-state index < -0.39 is 14.9 Å². The van der Waals surface area contributed by atoms with Crippen LogP contribution >= 0.6 is 0 Å². The first-order chi connectivity index (χ1) is 11.3. The minimum Gasteiger partial charge on any atom is -0.363 e. The summed E-state index contributed by atoms with van der Waals surface area (Å²) in [6, 6.07) is 7.99. The van der Waals surface area contributed by atoms with E-state index in [0.717, 1.165) is 5.56 Å². The molecule has 9 heteroatoms. The van der Waals surface area contributed by atoms with E-state index >= 15 is 0 Å². The van der Waals surface area contributed by atoms with Gasteiger partial charge in [0.15, 0.2) is 0 Å². The van der Waals surface area contributed by atoms with Crippen LogP contribution in [0.5, 0.6) is 0 Å². The number of pyridine rings is 1. The van der Waals surface area contributed by atoms with Crippen LogP contribution in [-0.4, -0.2) is 31.4 Å². The summed E-state index contributed by atoms with van der Waals surface area (Å²) < 4.78 is 27.1. The Morgan fingerprint density at radius 3 is 2.67 bits per heavy atom. The summed E-state index contributed by atoms with van der Waals surface area (Å²) in [5, 5.41) is 13.6. The average molecular weight is 350 g/mol. The molecule has 1 heterocycles. The number of nitrogens with zero attached hydrogens (tertiary/aromatic N) is 2. The van der Waals surface area contributed by atoms with Gasteiger partial charge >= 0.3 is 5.69 Å². The summed E-state index contributed by atoms with van der Waals surface area (Å²) in [6.45, 7) is 3.79. The second-order valence-corrected chi connectivity index (χ2v) is 6.96. The topological polar surface area (TPSA) is 114 Å². The molecule has 0 unspecified atom stereocenters. The summed E-state index contributed by atoms with van der Waals surface area (Å²) in [5.74, 6) is 0.105. The lowest BCUT2D eigenvalue weighted by atomic mass is 10.2. The second-order valence-electron chi connectivity index (χ2n) is 5.22. The van der Waals surface area contributed by atoms with Gasteiger partial charge in [0.1, 0.15) is 0 Å². The van der Waals surface area contributed by atoms with Crippen LogP contribution in [0, 0.1) is 24.0 Å². The number of hydrogen-bond acceptors (Lipinski definition) is 6. The van der Waals surface area contributed by atoms with Crippen LogP contribution < -0.4 is 10.0 Å². The summed E-state index contributed by atoms with van der Waals surface area (Å²) >= 11 is 0. The van der Waals surface area contributed by atoms with Gasteiger partial charge in [-0.05, 0) is 37.1 Å². The number of nitro groups is 1. The molecule has 0 atom stereocenters. The highest BCUT2D eigenvalue weighted by Gasteiger charge is 2.17. The summed E-state index contributed by atoms with van der Waals surface area (Å²) in [7, 11) is -3.64. The van der Waals surface area contributed by atoms with Gasteiger partial charge in [0.05, 0.1) is 9.82 Å². The number of sulfonamides is 1. The van der Waals surface area contributed by atoms with E-state index in [1.165, 1.54) is 18.3 Å². The number of benzene rings is 1. The van der Waals surface area contributed by atoms with Gasteiger partial charge in [0.25, 0.3) is 0 Å². The monoisotopic (exact) mass is 350 g/mol. The maximum atomic E-state index is 12.3. The normalized spacial score (nSPS) is 11.2. The Balaban J connectivity index is 1.99. The predicted octanol–water partition coefficient (Wildman–Crippen LogP) is 2.00. The molecule has 0 radical (unpaired) electrons. The second kappa shape index (κ2) is 7.37. The van der Waals surface area contributed by atoms with Crippen molar-refractivity contribution in [3.8, 4) is 0 Å². The van der Waals surface area contributed by atoms with E-state index in [1.54, 1.807) is 19.1 Å². The van der Waals surface area contributed by atoms with Crippen LogP contribution in [0.2, 0.25) is 0 Å². The highest BCUT2D eigenvalue weighted by atomic mass is 32.2. The fourth-order valence-corrected chi connectivity index (χ4v) is 3.48. The van der Waals surface area contributed by atoms with Gasteiger partial charge in [-0.15, -0.1) is 0 Å². The largest absolute Gasteiger partial charge is 0.363 e. The lowest BCUT2D eigenvalue weighted by Crippen LogP contribution is -2.29. The molecule has 24 heavy (non-hydrogen) atoms. The zero-order valence-corrected chi connectivity index (χ0v) is 14.1. The van der Waals surface area contributed by atoms with Gasteiger partial charge in [-0.25, -0.2) is 18.1 Å². The Kier molecular flexibility index (Phi) is 5.47. The van der Waals surface area contributed by atoms with Crippen molar-refractivity contribution in [1.82, 2.24) is 9.71 Å². The first-order valence-electron chi connectivity index (χ1n) is 7.21. The highest BCUT2D eigenvalue weighted by molar-refractivity contribution is 7.89. The minimum atomic E-state index is -3.64. The van der Waals surface area contributed by atoms with Crippen molar-refractivity contribution in [1.29, 1.82) is 0 Å². The fraction of sp³-hybridized carbons (Fsp3) is 0.267. The molecule has 0 saturated carbocycles. The van der Waals surface area contributed by atoms with E-state index in [9.17, 15) is 18.5 Å². The SMILES string of the molecule is Cc1ccc(C)c(S(=O)(=O)NCCNc2ncccc2[N+](=O)[O-])c1. The zero-order chi connectivity index (χ0) is 17.7. The van der Waals surface area contributed by atoms with Crippen LogP contribution in [0.15, 0.2) is 41.4 Å². The summed E-state index contributed by atoms with van der Waals surface area (Å²) in [4.78, 5) is 14.5. The standard InChI is InChI=1S/C15H18N4O4S/c1-11-5-6-12(2)14(10-11)24(22,23)18-9-8-17-15-13(19(20)21)4-3-7-16-15/h3-7,10,18H,8-9H2,1-2H3,(H,16,17). The highest BCUT2D eigenvalue weighted by Crippen LogP contribution is 2.20. The molecule has 1 aromatic carbocycles. The molecule has 0 aliphatic carbocycles. The quantitative estimate of drug-likeness (QED) is 0.448. The van der Waals surface area contributed by atoms with Crippen LogP contribution in [0.1, 0.15) is 11.1 Å². The van der Waals surface area contributed by atoms with Gasteiger partial charge < -0.3 is 5.32 Å². The molecule has 0 bridgehead atoms. The van der Waals surface area contributed by atoms with Gasteiger partial charge in [-0.3, -0.25) is 10.1 Å². The van der Waals surface area contributed by atoms with Crippen molar-refractivity contribution in [2.45, 2.75) is 18.7 Å². The number of nitrogens with one attached hydrogen (secondary N) is 2. The van der Waals surface area contributed by atoms with Crippen molar-refractivity contribution in [2.24, 2.45) is 0 Å². The third-order valence-corrected chi connectivity index (χ3v) is 4.93. The number of aromatic nitrogens is 1. The summed E-state index contributed by atoms with van der Waals surface area (Å²) in [5.41, 5.74) is 1.35. The van der Waals surface area contributed by atoms with Gasteiger partial charge in [-0.2, -0.15) is 0 Å². The molecule has 2 rings (SSSR count). The molecule has 128 valence electrons. The van der Waals surface area contributed by atoms with E-state index in [1.807, 2.05) is 13.0 Å². The first-order valence-corrected chi connectivity index (χ1v) is 8.70. The molecule has 0 spiro atoms. The number of rotatable bonds is 7. The molecular formula is C15H18N4O4S. The third kappa shape index (κ3) is 4.27. The Labute approximate surface area is 140 Å². The maximum Gasteiger partial charge on any atom is 0.311 e. The molecule has 0 aliphatic rings. The first kappa shape index (κ1) is 17.8.